The second kappa shape index (κ2) is 7.98. The molecule has 1 fully saturated rings. The molecule has 0 radical (unpaired) electrons. The van der Waals surface area contributed by atoms with Gasteiger partial charge in [-0.3, -0.25) is 9.69 Å². The summed E-state index contributed by atoms with van der Waals surface area (Å²) in [6.07, 6.45) is 3.68. The van der Waals surface area contributed by atoms with E-state index in [1.54, 1.807) is 0 Å². The van der Waals surface area contributed by atoms with Crippen LogP contribution in [0, 0.1) is 0 Å². The number of nitrogen functional groups attached to an aromatic ring is 1. The number of amides is 2. The van der Waals surface area contributed by atoms with Gasteiger partial charge in [0.15, 0.2) is 5.13 Å². The Bertz CT molecular complexity index is 520. The fraction of sp³-hybridized carbons (Fsp3) is 0.643. The number of rotatable bonds is 5. The van der Waals surface area contributed by atoms with Crippen LogP contribution in [0.3, 0.4) is 0 Å². The lowest BCUT2D eigenvalue weighted by Gasteiger charge is -2.33. The molecule has 1 aliphatic rings. The molecule has 7 nitrogen and oxygen atoms in total. The molecule has 0 unspecified atom stereocenters. The standard InChI is InChI=1S/C14H22N4O3S/c1-21-14(20)18-8-3-2-6-11(18)12(19)16-7-4-5-10-9-22-13(15)17-10/h9,11H,2-8H2,1H3,(H2,15,17)(H,16,19)/t11-/m0/s1. The van der Waals surface area contributed by atoms with Crippen LogP contribution < -0.4 is 11.1 Å². The minimum atomic E-state index is -0.433. The summed E-state index contributed by atoms with van der Waals surface area (Å²) in [6, 6.07) is -0.420. The maximum absolute atomic E-state index is 12.3. The molecule has 2 heterocycles. The number of hydrogen-bond donors (Lipinski definition) is 2. The number of carbonyl (C=O) groups excluding carboxylic acids is 2. The first kappa shape index (κ1) is 16.5. The van der Waals surface area contributed by atoms with E-state index in [4.69, 9.17) is 10.5 Å². The number of nitrogens with zero attached hydrogens (tertiary/aromatic N) is 2. The van der Waals surface area contributed by atoms with E-state index in [2.05, 4.69) is 10.3 Å². The van der Waals surface area contributed by atoms with Gasteiger partial charge in [0, 0.05) is 18.5 Å². The number of nitrogens with two attached hydrogens (primary N) is 1. The number of aryl methyl sites for hydroxylation is 1. The van der Waals surface area contributed by atoms with Gasteiger partial charge in [0.05, 0.1) is 12.8 Å². The third-order valence-corrected chi connectivity index (χ3v) is 4.42. The van der Waals surface area contributed by atoms with Crippen LogP contribution in [0.15, 0.2) is 5.38 Å². The third-order valence-electron chi connectivity index (χ3n) is 3.69. The average Bonchev–Trinajstić information content (AvgIpc) is 2.96. The summed E-state index contributed by atoms with van der Waals surface area (Å²) >= 11 is 1.42. The SMILES string of the molecule is COC(=O)N1CCCC[C@H]1C(=O)NCCCc1csc(N)n1. The van der Waals surface area contributed by atoms with Gasteiger partial charge in [-0.2, -0.15) is 0 Å². The number of methoxy groups -OCH3 is 1. The van der Waals surface area contributed by atoms with Crippen LogP contribution in [0.1, 0.15) is 31.4 Å². The molecular formula is C14H22N4O3S. The maximum Gasteiger partial charge on any atom is 0.410 e. The number of piperidine rings is 1. The number of ether oxygens (including phenoxy) is 1. The van der Waals surface area contributed by atoms with Crippen LogP contribution in [-0.4, -0.2) is 48.1 Å². The van der Waals surface area contributed by atoms with Gasteiger partial charge in [0.2, 0.25) is 5.91 Å². The third kappa shape index (κ3) is 4.33. The predicted molar refractivity (Wildman–Crippen MR) is 84.6 cm³/mol. The Morgan fingerprint density at radius 1 is 1.55 bits per heavy atom. The Hall–Kier alpha value is -1.83. The molecule has 1 saturated heterocycles. The number of aromatic nitrogens is 1. The van der Waals surface area contributed by atoms with E-state index in [1.165, 1.54) is 23.3 Å². The Morgan fingerprint density at radius 3 is 3.05 bits per heavy atom. The highest BCUT2D eigenvalue weighted by molar-refractivity contribution is 7.13. The van der Waals surface area contributed by atoms with Gasteiger partial charge in [-0.25, -0.2) is 9.78 Å². The average molecular weight is 326 g/mol. The first-order chi connectivity index (χ1) is 10.6. The lowest BCUT2D eigenvalue weighted by Crippen LogP contribution is -2.52. The van der Waals surface area contributed by atoms with Crippen molar-refractivity contribution < 1.29 is 14.3 Å². The lowest BCUT2D eigenvalue weighted by atomic mass is 10.0. The monoisotopic (exact) mass is 326 g/mol. The summed E-state index contributed by atoms with van der Waals surface area (Å²) in [7, 11) is 1.34. The fourth-order valence-corrected chi connectivity index (χ4v) is 3.17. The first-order valence-electron chi connectivity index (χ1n) is 7.44. The highest BCUT2D eigenvalue weighted by Crippen LogP contribution is 2.18. The number of carbonyl (C=O) groups is 2. The zero-order valence-corrected chi connectivity index (χ0v) is 13.5. The van der Waals surface area contributed by atoms with E-state index in [9.17, 15) is 9.59 Å². The molecule has 1 atom stereocenters. The normalized spacial score (nSPS) is 18.0. The van der Waals surface area contributed by atoms with Crippen molar-refractivity contribution in [2.75, 3.05) is 25.9 Å². The van der Waals surface area contributed by atoms with Crippen molar-refractivity contribution in [1.82, 2.24) is 15.2 Å². The van der Waals surface area contributed by atoms with Crippen LogP contribution in [0.4, 0.5) is 9.93 Å². The van der Waals surface area contributed by atoms with Gasteiger partial charge in [-0.1, -0.05) is 0 Å². The van der Waals surface area contributed by atoms with Crippen molar-refractivity contribution in [1.29, 1.82) is 0 Å². The van der Waals surface area contributed by atoms with Gasteiger partial charge in [0.1, 0.15) is 6.04 Å². The lowest BCUT2D eigenvalue weighted by molar-refractivity contribution is -0.126. The van der Waals surface area contributed by atoms with Gasteiger partial charge in [0.25, 0.3) is 0 Å². The number of hydrogen-bond acceptors (Lipinski definition) is 6. The smallest absolute Gasteiger partial charge is 0.410 e. The van der Waals surface area contributed by atoms with Gasteiger partial charge in [-0.05, 0) is 32.1 Å². The highest BCUT2D eigenvalue weighted by Gasteiger charge is 2.32. The first-order valence-corrected chi connectivity index (χ1v) is 8.32. The highest BCUT2D eigenvalue weighted by atomic mass is 32.1. The Labute approximate surface area is 133 Å². The topological polar surface area (TPSA) is 97.5 Å². The molecule has 1 aliphatic heterocycles. The molecule has 22 heavy (non-hydrogen) atoms. The summed E-state index contributed by atoms with van der Waals surface area (Å²) in [6.45, 7) is 1.13. The van der Waals surface area contributed by atoms with Crippen molar-refractivity contribution in [3.63, 3.8) is 0 Å². The minimum Gasteiger partial charge on any atom is -0.453 e. The van der Waals surface area contributed by atoms with Gasteiger partial charge < -0.3 is 15.8 Å². The molecule has 0 saturated carbocycles. The van der Waals surface area contributed by atoms with Crippen molar-refractivity contribution in [3.05, 3.63) is 11.1 Å². The van der Waals surface area contributed by atoms with Crippen LogP contribution in [0.2, 0.25) is 0 Å². The van der Waals surface area contributed by atoms with Gasteiger partial charge >= 0.3 is 6.09 Å². The molecule has 0 spiro atoms. The van der Waals surface area contributed by atoms with E-state index in [-0.39, 0.29) is 5.91 Å². The van der Waals surface area contributed by atoms with Crippen LogP contribution in [0.5, 0.6) is 0 Å². The largest absolute Gasteiger partial charge is 0.453 e. The second-order valence-corrected chi connectivity index (χ2v) is 6.14. The quantitative estimate of drug-likeness (QED) is 0.797. The van der Waals surface area contributed by atoms with Crippen molar-refractivity contribution in [2.45, 2.75) is 38.1 Å². The zero-order valence-electron chi connectivity index (χ0n) is 12.7. The molecule has 8 heteroatoms. The van der Waals surface area contributed by atoms with E-state index in [0.29, 0.717) is 24.6 Å². The molecule has 0 aliphatic carbocycles. The molecule has 3 N–H and O–H groups in total. The fourth-order valence-electron chi connectivity index (χ4n) is 2.58. The molecule has 0 aromatic carbocycles. The number of thiazole rings is 1. The number of likely N-dealkylation sites (tertiary alicyclic amines) is 1. The van der Waals surface area contributed by atoms with Crippen molar-refractivity contribution in [2.24, 2.45) is 0 Å². The predicted octanol–water partition coefficient (Wildman–Crippen LogP) is 1.39. The van der Waals surface area contributed by atoms with Gasteiger partial charge in [-0.15, -0.1) is 11.3 Å². The molecule has 0 bridgehead atoms. The number of anilines is 1. The Morgan fingerprint density at radius 2 is 2.36 bits per heavy atom. The second-order valence-electron chi connectivity index (χ2n) is 5.25. The molecule has 1 aromatic rings. The Kier molecular flexibility index (Phi) is 6.00. The molecular weight excluding hydrogens is 304 g/mol. The number of nitrogens with one attached hydrogen (secondary N) is 1. The molecule has 2 rings (SSSR count). The molecule has 2 amide bonds. The molecule has 1 aromatic heterocycles. The van der Waals surface area contributed by atoms with E-state index in [1.807, 2.05) is 5.38 Å². The van der Waals surface area contributed by atoms with E-state index < -0.39 is 12.1 Å². The zero-order chi connectivity index (χ0) is 15.9. The van der Waals surface area contributed by atoms with E-state index >= 15 is 0 Å². The summed E-state index contributed by atoms with van der Waals surface area (Å²) in [5.74, 6) is -0.108. The van der Waals surface area contributed by atoms with Crippen LogP contribution >= 0.6 is 11.3 Å². The summed E-state index contributed by atoms with van der Waals surface area (Å²) < 4.78 is 4.74. The van der Waals surface area contributed by atoms with Crippen molar-refractivity contribution >= 4 is 28.5 Å². The summed E-state index contributed by atoms with van der Waals surface area (Å²) in [5.41, 5.74) is 6.52. The summed E-state index contributed by atoms with van der Waals surface area (Å²) in [5, 5.41) is 5.39. The summed E-state index contributed by atoms with van der Waals surface area (Å²) in [4.78, 5) is 29.6. The minimum absolute atomic E-state index is 0.108. The molecule has 122 valence electrons. The maximum atomic E-state index is 12.3. The van der Waals surface area contributed by atoms with Crippen LogP contribution in [-0.2, 0) is 16.0 Å². The Balaban J connectivity index is 1.76. The van der Waals surface area contributed by atoms with E-state index in [0.717, 1.165) is 31.4 Å². The van der Waals surface area contributed by atoms with Crippen LogP contribution in [0.25, 0.3) is 0 Å². The van der Waals surface area contributed by atoms with Crippen molar-refractivity contribution in [3.8, 4) is 0 Å².